The average Bonchev–Trinajstić information content (AvgIpc) is 2.71. The van der Waals surface area contributed by atoms with E-state index in [1.807, 2.05) is 0 Å². The maximum Gasteiger partial charge on any atom is 0.303 e. The predicted molar refractivity (Wildman–Crippen MR) is 126 cm³/mol. The number of aryl methyl sites for hydroxylation is 3. The molecule has 0 spiro atoms. The minimum atomic E-state index is -1.87. The highest BCUT2D eigenvalue weighted by Crippen LogP contribution is 2.56. The van der Waals surface area contributed by atoms with Crippen LogP contribution in [0.1, 0.15) is 36.0 Å². The molecular weight excluding hydrogens is 455 g/mol. The molecule has 4 heteroatoms. The highest BCUT2D eigenvalue weighted by Gasteiger charge is 2.44. The monoisotopic (exact) mass is 484 g/mol. The second-order valence-electron chi connectivity index (χ2n) is 7.89. The van der Waals surface area contributed by atoms with Crippen molar-refractivity contribution in [2.45, 2.75) is 40.0 Å². The first-order chi connectivity index (χ1) is 13.9. The van der Waals surface area contributed by atoms with Gasteiger partial charge in [0.2, 0.25) is 0 Å². The third-order valence-electron chi connectivity index (χ3n) is 5.56. The minimum Gasteiger partial charge on any atom is -1.00 e. The van der Waals surface area contributed by atoms with Crippen molar-refractivity contribution >= 4 is 29.1 Å². The molecule has 0 amide bonds. The molecule has 0 fully saturated rings. The van der Waals surface area contributed by atoms with E-state index in [9.17, 15) is 4.79 Å². The Morgan fingerprint density at radius 1 is 0.667 bits per heavy atom. The molecule has 1 N–H and O–H groups in total. The smallest absolute Gasteiger partial charge is 0.303 e. The summed E-state index contributed by atoms with van der Waals surface area (Å²) in [5, 5.41) is 13.2. The molecule has 0 aliphatic carbocycles. The number of hydrogen-bond donors (Lipinski definition) is 1. The zero-order valence-electron chi connectivity index (χ0n) is 17.9. The molecule has 0 saturated carbocycles. The van der Waals surface area contributed by atoms with Gasteiger partial charge in [-0.2, -0.15) is 0 Å². The van der Waals surface area contributed by atoms with E-state index in [2.05, 4.69) is 93.6 Å². The molecule has 2 nitrogen and oxygen atoms in total. The molecule has 158 valence electrons. The lowest BCUT2D eigenvalue weighted by molar-refractivity contribution is -0.137. The molecule has 3 rings (SSSR count). The van der Waals surface area contributed by atoms with Crippen molar-refractivity contribution in [3.63, 3.8) is 0 Å². The van der Waals surface area contributed by atoms with Crippen molar-refractivity contribution in [3.05, 3.63) is 89.5 Å². The van der Waals surface area contributed by atoms with E-state index in [1.54, 1.807) is 0 Å². The van der Waals surface area contributed by atoms with Gasteiger partial charge in [0.15, 0.2) is 0 Å². The van der Waals surface area contributed by atoms with Gasteiger partial charge in [0, 0.05) is 6.42 Å². The standard InChI is InChI=1S/C26H29O2P.BrH/c1-20-7-13-23(14-8-20)29(19-5-4-6-26(27)28,24-15-9-21(2)10-16-24)25-17-11-22(3)12-18-25;/h7-18H,4-6,19H2,1-3H3;1H. The van der Waals surface area contributed by atoms with Gasteiger partial charge in [-0.3, -0.25) is 4.79 Å². The maximum absolute atomic E-state index is 11.1. The Bertz CT molecular complexity index is 837. The minimum absolute atomic E-state index is 0. The van der Waals surface area contributed by atoms with Gasteiger partial charge in [-0.15, -0.1) is 0 Å². The predicted octanol–water partition coefficient (Wildman–Crippen LogP) is 2.16. The molecule has 30 heavy (non-hydrogen) atoms. The third-order valence-corrected chi connectivity index (χ3v) is 10.1. The van der Waals surface area contributed by atoms with Crippen LogP contribution in [0.15, 0.2) is 72.8 Å². The molecule has 0 aromatic heterocycles. The quantitative estimate of drug-likeness (QED) is 0.393. The summed E-state index contributed by atoms with van der Waals surface area (Å²) in [6.45, 7) is 6.36. The van der Waals surface area contributed by atoms with Crippen molar-refractivity contribution in [2.24, 2.45) is 0 Å². The Labute approximate surface area is 191 Å². The van der Waals surface area contributed by atoms with Gasteiger partial charge in [-0.1, -0.05) is 53.1 Å². The van der Waals surface area contributed by atoms with E-state index in [0.717, 1.165) is 12.6 Å². The second kappa shape index (κ2) is 10.9. The Hall–Kier alpha value is -1.96. The molecule has 0 radical (unpaired) electrons. The van der Waals surface area contributed by atoms with E-state index in [1.165, 1.54) is 32.6 Å². The summed E-state index contributed by atoms with van der Waals surface area (Å²) in [6.07, 6.45) is 2.82. The van der Waals surface area contributed by atoms with Gasteiger partial charge in [0.25, 0.3) is 0 Å². The SMILES string of the molecule is Cc1ccc([P+](CCCCC(=O)O)(c2ccc(C)cc2)c2ccc(C)cc2)cc1.[Br-]. The summed E-state index contributed by atoms with van der Waals surface area (Å²) in [5.41, 5.74) is 3.77. The number of aliphatic carboxylic acids is 1. The van der Waals surface area contributed by atoms with Gasteiger partial charge >= 0.3 is 5.97 Å². The topological polar surface area (TPSA) is 37.3 Å². The van der Waals surface area contributed by atoms with Crippen LogP contribution in [0.3, 0.4) is 0 Å². The van der Waals surface area contributed by atoms with E-state index < -0.39 is 13.2 Å². The Morgan fingerprint density at radius 2 is 1.00 bits per heavy atom. The van der Waals surface area contributed by atoms with Crippen LogP contribution in [-0.4, -0.2) is 17.2 Å². The fraction of sp³-hybridized carbons (Fsp3) is 0.269. The van der Waals surface area contributed by atoms with Crippen molar-refractivity contribution < 1.29 is 26.9 Å². The van der Waals surface area contributed by atoms with Gasteiger partial charge in [0.1, 0.15) is 23.2 Å². The summed E-state index contributed by atoms with van der Waals surface area (Å²) in [7, 11) is -1.87. The lowest BCUT2D eigenvalue weighted by Crippen LogP contribution is -3.00. The van der Waals surface area contributed by atoms with Crippen molar-refractivity contribution in [3.8, 4) is 0 Å². The summed E-state index contributed by atoms with van der Waals surface area (Å²) in [6, 6.07) is 26.9. The van der Waals surface area contributed by atoms with Crippen molar-refractivity contribution in [1.82, 2.24) is 0 Å². The van der Waals surface area contributed by atoms with Gasteiger partial charge in [-0.05, 0) is 70.0 Å². The van der Waals surface area contributed by atoms with Gasteiger partial charge < -0.3 is 22.1 Å². The number of carboxylic acids is 1. The molecule has 0 unspecified atom stereocenters. The Balaban J connectivity index is 0.00000320. The largest absolute Gasteiger partial charge is 1.00 e. The first-order valence-electron chi connectivity index (χ1n) is 10.2. The van der Waals surface area contributed by atoms with Crippen LogP contribution in [0.25, 0.3) is 0 Å². The van der Waals surface area contributed by atoms with Crippen LogP contribution in [0.2, 0.25) is 0 Å². The van der Waals surface area contributed by atoms with Crippen LogP contribution in [0, 0.1) is 20.8 Å². The van der Waals surface area contributed by atoms with E-state index in [4.69, 9.17) is 5.11 Å². The first kappa shape index (κ1) is 24.3. The molecule has 0 bridgehead atoms. The summed E-state index contributed by atoms with van der Waals surface area (Å²) < 4.78 is 0. The van der Waals surface area contributed by atoms with Crippen LogP contribution >= 0.6 is 7.26 Å². The molecule has 0 heterocycles. The lowest BCUT2D eigenvalue weighted by Gasteiger charge is -2.28. The number of carboxylic acid groups (broad SMARTS) is 1. The van der Waals surface area contributed by atoms with Crippen LogP contribution in [0.5, 0.6) is 0 Å². The molecular formula is C26H30BrO2P. The summed E-state index contributed by atoms with van der Waals surface area (Å²) in [5.74, 6) is -0.713. The van der Waals surface area contributed by atoms with E-state index in [0.29, 0.717) is 6.42 Å². The molecule has 0 aliphatic rings. The number of halogens is 1. The number of unbranched alkanes of at least 4 members (excludes halogenated alkanes) is 1. The number of carbonyl (C=O) groups is 1. The van der Waals surface area contributed by atoms with Crippen molar-refractivity contribution in [2.75, 3.05) is 6.16 Å². The molecule has 0 aliphatic heterocycles. The fourth-order valence-electron chi connectivity index (χ4n) is 3.86. The number of rotatable bonds is 8. The Kier molecular flexibility index (Phi) is 8.82. The van der Waals surface area contributed by atoms with Gasteiger partial charge in [0.05, 0.1) is 6.16 Å². The number of hydrogen-bond acceptors (Lipinski definition) is 1. The van der Waals surface area contributed by atoms with Crippen LogP contribution < -0.4 is 32.9 Å². The summed E-state index contributed by atoms with van der Waals surface area (Å²) >= 11 is 0. The van der Waals surface area contributed by atoms with E-state index >= 15 is 0 Å². The molecule has 0 atom stereocenters. The highest BCUT2D eigenvalue weighted by molar-refractivity contribution is 7.95. The lowest BCUT2D eigenvalue weighted by atomic mass is 10.2. The van der Waals surface area contributed by atoms with Gasteiger partial charge in [-0.25, -0.2) is 0 Å². The van der Waals surface area contributed by atoms with Crippen LogP contribution in [0.4, 0.5) is 0 Å². The zero-order chi connectivity index (χ0) is 20.9. The van der Waals surface area contributed by atoms with Crippen molar-refractivity contribution in [1.29, 1.82) is 0 Å². The molecule has 0 saturated heterocycles. The van der Waals surface area contributed by atoms with Crippen LogP contribution in [-0.2, 0) is 4.79 Å². The number of benzene rings is 3. The molecule has 3 aromatic carbocycles. The third kappa shape index (κ3) is 5.59. The summed E-state index contributed by atoms with van der Waals surface area (Å²) in [4.78, 5) is 11.1. The Morgan fingerprint density at radius 3 is 1.30 bits per heavy atom. The molecule has 3 aromatic rings. The highest BCUT2D eigenvalue weighted by atomic mass is 79.9. The zero-order valence-corrected chi connectivity index (χ0v) is 20.4. The normalized spacial score (nSPS) is 11.0. The maximum atomic E-state index is 11.1. The fourth-order valence-corrected chi connectivity index (χ4v) is 8.20. The second-order valence-corrected chi connectivity index (χ2v) is 11.5. The average molecular weight is 485 g/mol. The van der Waals surface area contributed by atoms with E-state index in [-0.39, 0.29) is 23.4 Å². The first-order valence-corrected chi connectivity index (χ1v) is 12.2.